The van der Waals surface area contributed by atoms with Gasteiger partial charge in [-0.05, 0) is 36.5 Å². The van der Waals surface area contributed by atoms with Crippen LogP contribution in [-0.4, -0.2) is 10.1 Å². The van der Waals surface area contributed by atoms with Crippen LogP contribution in [0.1, 0.15) is 47.7 Å². The first kappa shape index (κ1) is 13.4. The summed E-state index contributed by atoms with van der Waals surface area (Å²) >= 11 is 1.18. The van der Waals surface area contributed by atoms with Crippen LogP contribution in [0.5, 0.6) is 5.75 Å². The molecule has 2 aromatic rings. The van der Waals surface area contributed by atoms with Gasteiger partial charge in [-0.15, -0.1) is 0 Å². The molecule has 1 aromatic carbocycles. The molecule has 1 aliphatic carbocycles. The van der Waals surface area contributed by atoms with E-state index in [9.17, 15) is 9.90 Å². The molecule has 2 atom stereocenters. The Morgan fingerprint density at radius 3 is 2.95 bits per heavy atom. The predicted molar refractivity (Wildman–Crippen MR) is 80.4 cm³/mol. The first-order valence-corrected chi connectivity index (χ1v) is 7.66. The van der Waals surface area contributed by atoms with E-state index in [1.807, 2.05) is 11.4 Å². The van der Waals surface area contributed by atoms with Crippen LogP contribution in [0.3, 0.4) is 0 Å². The summed E-state index contributed by atoms with van der Waals surface area (Å²) in [7, 11) is 0. The largest absolute Gasteiger partial charge is 0.508 e. The molecule has 1 aromatic heterocycles. The van der Waals surface area contributed by atoms with Crippen LogP contribution in [0.4, 0.5) is 0 Å². The van der Waals surface area contributed by atoms with E-state index in [0.717, 1.165) is 17.7 Å². The van der Waals surface area contributed by atoms with Gasteiger partial charge >= 0.3 is 4.87 Å². The molecule has 0 fully saturated rings. The van der Waals surface area contributed by atoms with Gasteiger partial charge in [-0.2, -0.15) is 0 Å². The molecule has 0 bridgehead atoms. The van der Waals surface area contributed by atoms with Crippen LogP contribution in [0, 0.1) is 6.92 Å². The summed E-state index contributed by atoms with van der Waals surface area (Å²) in [6.45, 7) is 4.90. The third-order valence-electron chi connectivity index (χ3n) is 4.02. The fourth-order valence-corrected chi connectivity index (χ4v) is 3.74. The van der Waals surface area contributed by atoms with E-state index in [4.69, 9.17) is 0 Å². The van der Waals surface area contributed by atoms with E-state index in [-0.39, 0.29) is 10.9 Å². The topological polar surface area (TPSA) is 65.1 Å². The number of nitrogens with one attached hydrogen (secondary N) is 2. The molecule has 106 valence electrons. The average Bonchev–Trinajstić information content (AvgIpc) is 2.96. The minimum atomic E-state index is -0.0271. The number of thiazole rings is 1. The van der Waals surface area contributed by atoms with Crippen LogP contribution >= 0.6 is 11.3 Å². The number of aryl methyl sites for hydroxylation is 1. The van der Waals surface area contributed by atoms with E-state index in [2.05, 4.69) is 24.1 Å². The second-order valence-electron chi connectivity index (χ2n) is 5.47. The number of fused-ring (bicyclic) bond motifs is 1. The molecule has 5 heteroatoms. The Bertz CT molecular complexity index is 689. The molecule has 0 saturated heterocycles. The fraction of sp³-hybridized carbons (Fsp3) is 0.400. The Hall–Kier alpha value is -1.59. The van der Waals surface area contributed by atoms with Gasteiger partial charge in [-0.3, -0.25) is 4.79 Å². The molecule has 1 heterocycles. The smallest absolute Gasteiger partial charge is 0.304 e. The van der Waals surface area contributed by atoms with Gasteiger partial charge in [0.2, 0.25) is 0 Å². The molecule has 4 nitrogen and oxygen atoms in total. The molecule has 3 N–H and O–H groups in total. The third-order valence-corrected chi connectivity index (χ3v) is 4.74. The molecule has 0 spiro atoms. The molecule has 2 unspecified atom stereocenters. The minimum absolute atomic E-state index is 0.0271. The number of benzene rings is 1. The summed E-state index contributed by atoms with van der Waals surface area (Å²) in [6, 6.07) is 3.89. The Kier molecular flexibility index (Phi) is 3.40. The van der Waals surface area contributed by atoms with Gasteiger partial charge in [0.25, 0.3) is 0 Å². The number of aromatic amines is 1. The highest BCUT2D eigenvalue weighted by Gasteiger charge is 2.31. The van der Waals surface area contributed by atoms with Crippen LogP contribution in [0.15, 0.2) is 22.3 Å². The van der Waals surface area contributed by atoms with E-state index in [0.29, 0.717) is 18.2 Å². The standard InChI is InChI=1S/C15H18N2O2S/c1-8-3-4-12(18)14-11(5-9(2)13(8)14)16-6-10-7-20-15(19)17-10/h3-4,7,9,11,16,18H,5-6H2,1-2H3,(H,17,19). The van der Waals surface area contributed by atoms with Crippen molar-refractivity contribution in [2.75, 3.05) is 0 Å². The first-order chi connectivity index (χ1) is 9.56. The lowest BCUT2D eigenvalue weighted by atomic mass is 9.97. The molecular weight excluding hydrogens is 272 g/mol. The highest BCUT2D eigenvalue weighted by atomic mass is 32.1. The van der Waals surface area contributed by atoms with Crippen molar-refractivity contribution in [3.05, 3.63) is 49.6 Å². The Labute approximate surface area is 121 Å². The number of aromatic hydroxyl groups is 1. The summed E-state index contributed by atoms with van der Waals surface area (Å²) in [5.41, 5.74) is 4.42. The van der Waals surface area contributed by atoms with Crippen LogP contribution < -0.4 is 10.2 Å². The molecule has 0 radical (unpaired) electrons. The van der Waals surface area contributed by atoms with Crippen molar-refractivity contribution >= 4 is 11.3 Å². The molecule has 0 aliphatic heterocycles. The lowest BCUT2D eigenvalue weighted by Crippen LogP contribution is -2.19. The zero-order valence-electron chi connectivity index (χ0n) is 11.6. The van der Waals surface area contributed by atoms with Gasteiger partial charge in [0.15, 0.2) is 0 Å². The van der Waals surface area contributed by atoms with Gasteiger partial charge in [-0.25, -0.2) is 0 Å². The van der Waals surface area contributed by atoms with E-state index in [1.165, 1.54) is 22.5 Å². The third kappa shape index (κ3) is 2.27. The minimum Gasteiger partial charge on any atom is -0.508 e. The van der Waals surface area contributed by atoms with E-state index >= 15 is 0 Å². The maximum absolute atomic E-state index is 11.1. The van der Waals surface area contributed by atoms with Crippen molar-refractivity contribution in [1.82, 2.24) is 10.3 Å². The predicted octanol–water partition coefficient (Wildman–Crippen LogP) is 2.79. The van der Waals surface area contributed by atoms with E-state index in [1.54, 1.807) is 6.07 Å². The summed E-state index contributed by atoms with van der Waals surface area (Å²) in [5, 5.41) is 15.4. The Morgan fingerprint density at radius 2 is 2.25 bits per heavy atom. The van der Waals surface area contributed by atoms with Gasteiger partial charge in [0.1, 0.15) is 5.75 Å². The number of phenolic OH excluding ortho intramolecular Hbond substituents is 1. The average molecular weight is 290 g/mol. The summed E-state index contributed by atoms with van der Waals surface area (Å²) in [4.78, 5) is 13.9. The molecule has 1 aliphatic rings. The van der Waals surface area contributed by atoms with Crippen LogP contribution in [-0.2, 0) is 6.54 Å². The number of hydrogen-bond acceptors (Lipinski definition) is 4. The van der Waals surface area contributed by atoms with Crippen molar-refractivity contribution in [2.24, 2.45) is 0 Å². The molecule has 3 rings (SSSR count). The number of rotatable bonds is 3. The van der Waals surface area contributed by atoms with Crippen molar-refractivity contribution in [3.8, 4) is 5.75 Å². The van der Waals surface area contributed by atoms with Crippen LogP contribution in [0.2, 0.25) is 0 Å². The summed E-state index contributed by atoms with van der Waals surface area (Å²) < 4.78 is 0. The highest BCUT2D eigenvalue weighted by molar-refractivity contribution is 7.07. The Balaban J connectivity index is 1.84. The van der Waals surface area contributed by atoms with Crippen molar-refractivity contribution in [1.29, 1.82) is 0 Å². The number of phenols is 1. The van der Waals surface area contributed by atoms with Crippen LogP contribution in [0.25, 0.3) is 0 Å². The highest BCUT2D eigenvalue weighted by Crippen LogP contribution is 2.45. The number of hydrogen-bond donors (Lipinski definition) is 3. The molecular formula is C15H18N2O2S. The van der Waals surface area contributed by atoms with Gasteiger partial charge < -0.3 is 15.4 Å². The SMILES string of the molecule is Cc1ccc(O)c2c1C(C)CC2NCc1csc(=O)[nH]1. The van der Waals surface area contributed by atoms with Crippen molar-refractivity contribution in [2.45, 2.75) is 38.8 Å². The number of H-pyrrole nitrogens is 1. The molecule has 0 amide bonds. The van der Waals surface area contributed by atoms with E-state index < -0.39 is 0 Å². The second-order valence-corrected chi connectivity index (χ2v) is 6.31. The summed E-state index contributed by atoms with van der Waals surface area (Å²) in [5.74, 6) is 0.808. The zero-order valence-corrected chi connectivity index (χ0v) is 12.4. The quantitative estimate of drug-likeness (QED) is 0.814. The maximum atomic E-state index is 11.1. The van der Waals surface area contributed by atoms with Crippen molar-refractivity contribution < 1.29 is 5.11 Å². The monoisotopic (exact) mass is 290 g/mol. The second kappa shape index (κ2) is 5.07. The lowest BCUT2D eigenvalue weighted by Gasteiger charge is -2.15. The normalized spacial score (nSPS) is 21.1. The van der Waals surface area contributed by atoms with Gasteiger partial charge in [0, 0.05) is 29.2 Å². The Morgan fingerprint density at radius 1 is 1.45 bits per heavy atom. The zero-order chi connectivity index (χ0) is 14.3. The number of aromatic nitrogens is 1. The first-order valence-electron chi connectivity index (χ1n) is 6.78. The maximum Gasteiger partial charge on any atom is 0.304 e. The van der Waals surface area contributed by atoms with Gasteiger partial charge in [-0.1, -0.05) is 24.3 Å². The van der Waals surface area contributed by atoms with Gasteiger partial charge in [0.05, 0.1) is 0 Å². The van der Waals surface area contributed by atoms with Crippen molar-refractivity contribution in [3.63, 3.8) is 0 Å². The molecule has 0 saturated carbocycles. The lowest BCUT2D eigenvalue weighted by molar-refractivity contribution is 0.444. The fourth-order valence-electron chi connectivity index (χ4n) is 3.16. The summed E-state index contributed by atoms with van der Waals surface area (Å²) in [6.07, 6.45) is 0.974. The molecule has 20 heavy (non-hydrogen) atoms.